The minimum Gasteiger partial charge on any atom is -0.0854 e. The van der Waals surface area contributed by atoms with Crippen LogP contribution in [0.25, 0.3) is 0 Å². The highest BCUT2D eigenvalue weighted by atomic mass is 14.0. The highest BCUT2D eigenvalue weighted by Crippen LogP contribution is 2.13. The minimum absolute atomic E-state index is 1.25. The Morgan fingerprint density at radius 1 is 1.00 bits per heavy atom. The summed E-state index contributed by atoms with van der Waals surface area (Å²) in [5.41, 5.74) is 1.67. The predicted molar refractivity (Wildman–Crippen MR) is 57.4 cm³/mol. The van der Waals surface area contributed by atoms with E-state index in [9.17, 15) is 0 Å². The molecule has 0 rings (SSSR count). The van der Waals surface area contributed by atoms with E-state index in [-0.39, 0.29) is 0 Å². The molecule has 0 heterocycles. The van der Waals surface area contributed by atoms with E-state index in [1.54, 1.807) is 5.57 Å². The molecule has 0 saturated heterocycles. The van der Waals surface area contributed by atoms with Gasteiger partial charge in [-0.05, 0) is 25.7 Å². The Labute approximate surface area is 78.1 Å². The van der Waals surface area contributed by atoms with Crippen molar-refractivity contribution in [3.63, 3.8) is 0 Å². The van der Waals surface area contributed by atoms with Crippen molar-refractivity contribution in [1.29, 1.82) is 0 Å². The van der Waals surface area contributed by atoms with E-state index >= 15 is 0 Å². The van der Waals surface area contributed by atoms with E-state index < -0.39 is 0 Å². The molecule has 0 aromatic carbocycles. The van der Waals surface area contributed by atoms with Gasteiger partial charge in [0.2, 0.25) is 0 Å². The van der Waals surface area contributed by atoms with Crippen molar-refractivity contribution < 1.29 is 0 Å². The fourth-order valence-corrected chi connectivity index (χ4v) is 1.37. The van der Waals surface area contributed by atoms with E-state index in [0.717, 1.165) is 0 Å². The van der Waals surface area contributed by atoms with Gasteiger partial charge in [-0.2, -0.15) is 0 Å². The van der Waals surface area contributed by atoms with Gasteiger partial charge in [-0.1, -0.05) is 51.7 Å². The fourth-order valence-electron chi connectivity index (χ4n) is 1.37. The molecule has 0 heteroatoms. The molecule has 0 spiro atoms. The van der Waals surface area contributed by atoms with Gasteiger partial charge in [0.15, 0.2) is 0 Å². The van der Waals surface area contributed by atoms with Crippen LogP contribution in [0.2, 0.25) is 0 Å². The van der Waals surface area contributed by atoms with Gasteiger partial charge in [0.25, 0.3) is 0 Å². The van der Waals surface area contributed by atoms with Crippen LogP contribution in [0.1, 0.15) is 65.7 Å². The Hall–Kier alpha value is -0.260. The quantitative estimate of drug-likeness (QED) is 0.382. The summed E-state index contributed by atoms with van der Waals surface area (Å²) in [6.45, 7) is 6.78. The van der Waals surface area contributed by atoms with Crippen molar-refractivity contribution in [1.82, 2.24) is 0 Å². The van der Waals surface area contributed by atoms with Crippen LogP contribution in [0.3, 0.4) is 0 Å². The summed E-state index contributed by atoms with van der Waals surface area (Å²) < 4.78 is 0. The number of allylic oxidation sites excluding steroid dienone is 2. The molecule has 0 fully saturated rings. The van der Waals surface area contributed by atoms with Crippen LogP contribution in [-0.4, -0.2) is 0 Å². The number of hydrogen-bond donors (Lipinski definition) is 0. The normalized spacial score (nSPS) is 12.1. The van der Waals surface area contributed by atoms with Crippen LogP contribution in [0.4, 0.5) is 0 Å². The third-order valence-electron chi connectivity index (χ3n) is 2.28. The zero-order valence-electron chi connectivity index (χ0n) is 9.03. The average molecular weight is 168 g/mol. The van der Waals surface area contributed by atoms with Crippen molar-refractivity contribution in [3.8, 4) is 0 Å². The molecule has 12 heavy (non-hydrogen) atoms. The molecule has 0 atom stereocenters. The molecule has 0 radical (unpaired) electrons. The van der Waals surface area contributed by atoms with Gasteiger partial charge < -0.3 is 0 Å². The first-order valence-electron chi connectivity index (χ1n) is 5.53. The summed E-state index contributed by atoms with van der Waals surface area (Å²) in [7, 11) is 0. The molecule has 0 aromatic heterocycles. The third kappa shape index (κ3) is 6.45. The van der Waals surface area contributed by atoms with Gasteiger partial charge in [0, 0.05) is 0 Å². The molecule has 0 aliphatic heterocycles. The fraction of sp³-hybridized carbons (Fsp3) is 0.833. The molecule has 0 N–H and O–H groups in total. The molecular weight excluding hydrogens is 144 g/mol. The second-order valence-corrected chi connectivity index (χ2v) is 3.46. The van der Waals surface area contributed by atoms with Crippen LogP contribution in [0, 0.1) is 0 Å². The average Bonchev–Trinajstić information content (AvgIpc) is 2.11. The zero-order chi connectivity index (χ0) is 9.23. The lowest BCUT2D eigenvalue weighted by Crippen LogP contribution is -1.83. The maximum atomic E-state index is 2.44. The molecule has 0 nitrogen and oxygen atoms in total. The smallest absolute Gasteiger partial charge is 0.0320 e. The van der Waals surface area contributed by atoms with Crippen LogP contribution in [0.15, 0.2) is 11.6 Å². The maximum Gasteiger partial charge on any atom is -0.0320 e. The SMILES string of the molecule is CCC/C=C(\CC)CCCCC. The second-order valence-electron chi connectivity index (χ2n) is 3.46. The van der Waals surface area contributed by atoms with Crippen molar-refractivity contribution in [3.05, 3.63) is 11.6 Å². The van der Waals surface area contributed by atoms with Gasteiger partial charge in [-0.15, -0.1) is 0 Å². The summed E-state index contributed by atoms with van der Waals surface area (Å²) in [6.07, 6.45) is 11.7. The summed E-state index contributed by atoms with van der Waals surface area (Å²) >= 11 is 0. The summed E-state index contributed by atoms with van der Waals surface area (Å²) in [5, 5.41) is 0. The van der Waals surface area contributed by atoms with Crippen LogP contribution < -0.4 is 0 Å². The van der Waals surface area contributed by atoms with Crippen LogP contribution in [0.5, 0.6) is 0 Å². The molecule has 0 aromatic rings. The Morgan fingerprint density at radius 3 is 2.25 bits per heavy atom. The van der Waals surface area contributed by atoms with Gasteiger partial charge in [0.05, 0.1) is 0 Å². The first-order chi connectivity index (χ1) is 5.85. The highest BCUT2D eigenvalue weighted by molar-refractivity contribution is 5.00. The zero-order valence-corrected chi connectivity index (χ0v) is 9.03. The summed E-state index contributed by atoms with van der Waals surface area (Å²) in [6, 6.07) is 0. The van der Waals surface area contributed by atoms with E-state index in [1.807, 2.05) is 0 Å². The highest BCUT2D eigenvalue weighted by Gasteiger charge is 1.93. The van der Waals surface area contributed by atoms with E-state index in [1.165, 1.54) is 44.9 Å². The monoisotopic (exact) mass is 168 g/mol. The molecule has 0 saturated carbocycles. The van der Waals surface area contributed by atoms with Crippen molar-refractivity contribution >= 4 is 0 Å². The Morgan fingerprint density at radius 2 is 1.75 bits per heavy atom. The second kappa shape index (κ2) is 8.83. The lowest BCUT2D eigenvalue weighted by molar-refractivity contribution is 0.698. The first kappa shape index (κ1) is 11.7. The molecule has 0 aliphatic carbocycles. The summed E-state index contributed by atoms with van der Waals surface area (Å²) in [4.78, 5) is 0. The standard InChI is InChI=1S/C12H24/c1-4-7-9-11-12(6-3)10-8-5-2/h10H,4-9,11H2,1-3H3/b12-10+. The Bertz CT molecular complexity index is 111. The summed E-state index contributed by atoms with van der Waals surface area (Å²) in [5.74, 6) is 0. The maximum absolute atomic E-state index is 2.44. The third-order valence-corrected chi connectivity index (χ3v) is 2.28. The van der Waals surface area contributed by atoms with Gasteiger partial charge in [0.1, 0.15) is 0 Å². The van der Waals surface area contributed by atoms with E-state index in [2.05, 4.69) is 26.8 Å². The molecule has 0 bridgehead atoms. The first-order valence-corrected chi connectivity index (χ1v) is 5.53. The van der Waals surface area contributed by atoms with Crippen molar-refractivity contribution in [2.24, 2.45) is 0 Å². The molecule has 0 unspecified atom stereocenters. The molecule has 0 amide bonds. The molecule has 0 aliphatic rings. The Balaban J connectivity index is 3.52. The van der Waals surface area contributed by atoms with Gasteiger partial charge >= 0.3 is 0 Å². The lowest BCUT2D eigenvalue weighted by atomic mass is 10.0. The molecular formula is C12H24. The minimum atomic E-state index is 1.25. The number of unbranched alkanes of at least 4 members (excludes halogenated alkanes) is 3. The van der Waals surface area contributed by atoms with E-state index in [0.29, 0.717) is 0 Å². The number of rotatable bonds is 7. The number of hydrogen-bond acceptors (Lipinski definition) is 0. The van der Waals surface area contributed by atoms with Crippen molar-refractivity contribution in [2.45, 2.75) is 65.7 Å². The van der Waals surface area contributed by atoms with Gasteiger partial charge in [-0.25, -0.2) is 0 Å². The molecule has 72 valence electrons. The largest absolute Gasteiger partial charge is 0.0854 e. The predicted octanol–water partition coefficient (Wildman–Crippen LogP) is 4.70. The topological polar surface area (TPSA) is 0 Å². The lowest BCUT2D eigenvalue weighted by Gasteiger charge is -2.03. The van der Waals surface area contributed by atoms with Crippen molar-refractivity contribution in [2.75, 3.05) is 0 Å². The van der Waals surface area contributed by atoms with Crippen LogP contribution >= 0.6 is 0 Å². The van der Waals surface area contributed by atoms with Crippen LogP contribution in [-0.2, 0) is 0 Å². The van der Waals surface area contributed by atoms with E-state index in [4.69, 9.17) is 0 Å². The van der Waals surface area contributed by atoms with Gasteiger partial charge in [-0.3, -0.25) is 0 Å². The Kier molecular flexibility index (Phi) is 8.64.